The molecule has 0 unspecified atom stereocenters. The third kappa shape index (κ3) is 5.09. The maximum absolute atomic E-state index is 12.9. The molecule has 1 aromatic carbocycles. The number of nitrogens with zero attached hydrogens (tertiary/aromatic N) is 2. The Bertz CT molecular complexity index is 1080. The van der Waals surface area contributed by atoms with Gasteiger partial charge in [-0.15, -0.1) is 0 Å². The summed E-state index contributed by atoms with van der Waals surface area (Å²) in [4.78, 5) is 33.1. The lowest BCUT2D eigenvalue weighted by molar-refractivity contribution is -0.113. The van der Waals surface area contributed by atoms with Crippen LogP contribution in [-0.2, 0) is 11.3 Å². The molecule has 2 N–H and O–H groups in total. The highest BCUT2D eigenvalue weighted by atomic mass is 32.2. The lowest BCUT2D eigenvalue weighted by Crippen LogP contribution is -2.26. The molecule has 0 aliphatic carbocycles. The summed E-state index contributed by atoms with van der Waals surface area (Å²) in [5.41, 5.74) is 3.92. The van der Waals surface area contributed by atoms with Gasteiger partial charge in [0.05, 0.1) is 11.3 Å². The fraction of sp³-hybridized carbons (Fsp3) is 0.409. The second kappa shape index (κ2) is 8.86. The Balaban J connectivity index is 1.79. The van der Waals surface area contributed by atoms with Crippen LogP contribution in [0, 0.1) is 12.8 Å². The van der Waals surface area contributed by atoms with Crippen molar-refractivity contribution in [3.05, 3.63) is 51.9 Å². The number of benzene rings is 1. The summed E-state index contributed by atoms with van der Waals surface area (Å²) < 4.78 is 1.67. The fourth-order valence-corrected chi connectivity index (χ4v) is 3.96. The highest BCUT2D eigenvalue weighted by Crippen LogP contribution is 2.21. The average Bonchev–Trinajstić information content (AvgIpc) is 3.03. The van der Waals surface area contributed by atoms with Gasteiger partial charge >= 0.3 is 0 Å². The molecule has 2 heterocycles. The number of nitrogens with one attached hydrogen (secondary N) is 2. The molecule has 0 saturated carbocycles. The molecule has 2 aromatic heterocycles. The second-order valence-electron chi connectivity index (χ2n) is 8.03. The van der Waals surface area contributed by atoms with Gasteiger partial charge in [-0.1, -0.05) is 51.6 Å². The number of hydrogen-bond donors (Lipinski definition) is 2. The number of H-pyrrole nitrogens is 1. The lowest BCUT2D eigenvalue weighted by Gasteiger charge is -2.14. The quantitative estimate of drug-likeness (QED) is 0.441. The van der Waals surface area contributed by atoms with Crippen LogP contribution in [0.5, 0.6) is 0 Å². The van der Waals surface area contributed by atoms with Crippen LogP contribution in [0.3, 0.4) is 0 Å². The van der Waals surface area contributed by atoms with E-state index in [1.165, 1.54) is 17.3 Å². The van der Waals surface area contributed by atoms with Crippen molar-refractivity contribution in [1.29, 1.82) is 0 Å². The fourth-order valence-electron chi connectivity index (χ4n) is 3.15. The topological polar surface area (TPSA) is 79.8 Å². The first-order valence-electron chi connectivity index (χ1n) is 9.87. The summed E-state index contributed by atoms with van der Waals surface area (Å²) in [6.07, 6.45) is 0. The van der Waals surface area contributed by atoms with Crippen molar-refractivity contribution < 1.29 is 4.79 Å². The molecule has 3 rings (SSSR count). The van der Waals surface area contributed by atoms with Crippen molar-refractivity contribution >= 4 is 34.4 Å². The molecule has 0 spiro atoms. The average molecular weight is 413 g/mol. The van der Waals surface area contributed by atoms with Crippen molar-refractivity contribution in [1.82, 2.24) is 14.5 Å². The Morgan fingerprint density at radius 1 is 1.24 bits per heavy atom. The van der Waals surface area contributed by atoms with Crippen molar-refractivity contribution in [2.24, 2.45) is 5.92 Å². The van der Waals surface area contributed by atoms with Crippen molar-refractivity contribution in [2.75, 3.05) is 11.1 Å². The first kappa shape index (κ1) is 21.2. The zero-order valence-electron chi connectivity index (χ0n) is 17.6. The third-order valence-electron chi connectivity index (χ3n) is 4.55. The van der Waals surface area contributed by atoms with Gasteiger partial charge < -0.3 is 10.3 Å². The molecule has 154 valence electrons. The van der Waals surface area contributed by atoms with Crippen molar-refractivity contribution in [3.8, 4) is 0 Å². The number of aryl methyl sites for hydroxylation is 1. The number of carbonyl (C=O) groups excluding carboxylic acids is 1. The largest absolute Gasteiger partial charge is 0.353 e. The monoisotopic (exact) mass is 412 g/mol. The summed E-state index contributed by atoms with van der Waals surface area (Å²) in [5, 5.41) is 3.51. The molecule has 0 radical (unpaired) electrons. The lowest BCUT2D eigenvalue weighted by atomic mass is 10.0. The van der Waals surface area contributed by atoms with E-state index in [1.54, 1.807) is 4.57 Å². The van der Waals surface area contributed by atoms with Gasteiger partial charge in [-0.05, 0) is 42.5 Å². The van der Waals surface area contributed by atoms with Crippen LogP contribution in [0.25, 0.3) is 11.0 Å². The molecule has 0 fully saturated rings. The van der Waals surface area contributed by atoms with E-state index in [0.717, 1.165) is 11.4 Å². The van der Waals surface area contributed by atoms with E-state index in [0.29, 0.717) is 28.7 Å². The van der Waals surface area contributed by atoms with Crippen LogP contribution >= 0.6 is 11.8 Å². The summed E-state index contributed by atoms with van der Waals surface area (Å²) in [5.74, 6) is 0.750. The molecular weight excluding hydrogens is 384 g/mol. The molecule has 0 aliphatic rings. The summed E-state index contributed by atoms with van der Waals surface area (Å²) in [6, 6.07) is 9.74. The predicted octanol–water partition coefficient (Wildman–Crippen LogP) is 4.54. The van der Waals surface area contributed by atoms with E-state index in [4.69, 9.17) is 0 Å². The normalized spacial score (nSPS) is 11.6. The Morgan fingerprint density at radius 3 is 2.69 bits per heavy atom. The summed E-state index contributed by atoms with van der Waals surface area (Å²) >= 11 is 1.29. The Morgan fingerprint density at radius 2 is 2.00 bits per heavy atom. The molecule has 0 aliphatic heterocycles. The summed E-state index contributed by atoms with van der Waals surface area (Å²) in [7, 11) is 0. The van der Waals surface area contributed by atoms with Crippen molar-refractivity contribution in [2.45, 2.75) is 52.2 Å². The Kier molecular flexibility index (Phi) is 6.47. The number of fused-ring (bicyclic) bond motifs is 1. The Hall–Kier alpha value is -2.54. The van der Waals surface area contributed by atoms with Gasteiger partial charge in [0.2, 0.25) is 5.91 Å². The van der Waals surface area contributed by atoms with Gasteiger partial charge in [0.1, 0.15) is 5.52 Å². The van der Waals surface area contributed by atoms with E-state index in [2.05, 4.69) is 49.0 Å². The van der Waals surface area contributed by atoms with Gasteiger partial charge in [-0.3, -0.25) is 14.2 Å². The molecule has 3 aromatic rings. The van der Waals surface area contributed by atoms with Crippen LogP contribution in [-0.4, -0.2) is 26.2 Å². The minimum atomic E-state index is -0.119. The predicted molar refractivity (Wildman–Crippen MR) is 120 cm³/mol. The van der Waals surface area contributed by atoms with E-state index in [-0.39, 0.29) is 23.1 Å². The number of anilines is 1. The second-order valence-corrected chi connectivity index (χ2v) is 8.98. The highest BCUT2D eigenvalue weighted by Gasteiger charge is 2.16. The van der Waals surface area contributed by atoms with E-state index in [1.807, 2.05) is 31.2 Å². The summed E-state index contributed by atoms with van der Waals surface area (Å²) in [6.45, 7) is 10.8. The van der Waals surface area contributed by atoms with Crippen LogP contribution < -0.4 is 10.9 Å². The number of aromatic nitrogens is 3. The highest BCUT2D eigenvalue weighted by molar-refractivity contribution is 7.99. The third-order valence-corrected chi connectivity index (χ3v) is 5.53. The molecule has 0 atom stereocenters. The van der Waals surface area contributed by atoms with Crippen LogP contribution in [0.4, 0.5) is 5.69 Å². The maximum atomic E-state index is 12.9. The molecule has 0 saturated heterocycles. The van der Waals surface area contributed by atoms with Gasteiger partial charge in [0.25, 0.3) is 5.56 Å². The van der Waals surface area contributed by atoms with Gasteiger partial charge in [-0.25, -0.2) is 4.98 Å². The first-order chi connectivity index (χ1) is 13.7. The standard InChI is InChI=1S/C22H28N4O2S/c1-13(2)11-26-21(28)20-18(9-15(5)23-20)25-22(26)29-12-19(27)24-17-8-6-7-16(10-17)14(3)4/h6-10,13-14,23H,11-12H2,1-5H3,(H,24,27). The Labute approximate surface area is 175 Å². The van der Waals surface area contributed by atoms with E-state index < -0.39 is 0 Å². The molecule has 0 bridgehead atoms. The van der Waals surface area contributed by atoms with Gasteiger partial charge in [0.15, 0.2) is 5.16 Å². The molecule has 6 nitrogen and oxygen atoms in total. The minimum absolute atomic E-state index is 0.0932. The zero-order valence-corrected chi connectivity index (χ0v) is 18.4. The molecular formula is C22H28N4O2S. The number of amides is 1. The maximum Gasteiger partial charge on any atom is 0.278 e. The first-order valence-corrected chi connectivity index (χ1v) is 10.9. The van der Waals surface area contributed by atoms with Gasteiger partial charge in [-0.2, -0.15) is 0 Å². The number of aromatic amines is 1. The number of rotatable bonds is 7. The molecule has 29 heavy (non-hydrogen) atoms. The molecule has 1 amide bonds. The number of hydrogen-bond acceptors (Lipinski definition) is 4. The van der Waals surface area contributed by atoms with E-state index >= 15 is 0 Å². The SMILES string of the molecule is Cc1cc2nc(SCC(=O)Nc3cccc(C(C)C)c3)n(CC(C)C)c(=O)c2[nH]1. The number of carbonyl (C=O) groups is 1. The van der Waals surface area contributed by atoms with Crippen LogP contribution in [0.1, 0.15) is 44.9 Å². The zero-order chi connectivity index (χ0) is 21.1. The number of thioether (sulfide) groups is 1. The van der Waals surface area contributed by atoms with Crippen molar-refractivity contribution in [3.63, 3.8) is 0 Å². The van der Waals surface area contributed by atoms with Crippen LogP contribution in [0.15, 0.2) is 40.3 Å². The molecule has 7 heteroatoms. The smallest absolute Gasteiger partial charge is 0.278 e. The van der Waals surface area contributed by atoms with E-state index in [9.17, 15) is 9.59 Å². The minimum Gasteiger partial charge on any atom is -0.353 e. The van der Waals surface area contributed by atoms with Gasteiger partial charge in [0, 0.05) is 17.9 Å². The van der Waals surface area contributed by atoms with Crippen LogP contribution in [0.2, 0.25) is 0 Å².